The van der Waals surface area contributed by atoms with E-state index < -0.39 is 10.0 Å². The lowest BCUT2D eigenvalue weighted by Gasteiger charge is -2.19. The van der Waals surface area contributed by atoms with Crippen LogP contribution in [0.1, 0.15) is 37.9 Å². The second-order valence-electron chi connectivity index (χ2n) is 6.28. The van der Waals surface area contributed by atoms with Gasteiger partial charge in [-0.15, -0.1) is 0 Å². The van der Waals surface area contributed by atoms with Crippen LogP contribution in [0.2, 0.25) is 5.02 Å². The average molecular weight is 421 g/mol. The molecule has 0 aliphatic carbocycles. The van der Waals surface area contributed by atoms with Crippen LogP contribution in [0.4, 0.5) is 0 Å². The van der Waals surface area contributed by atoms with Crippen LogP contribution in [0.15, 0.2) is 59.5 Å². The fraction of sp³-hybridized carbons (Fsp3) is 0.286. The smallest absolute Gasteiger partial charge is 0.244 e. The zero-order valence-corrected chi connectivity index (χ0v) is 17.8. The number of rotatable bonds is 8. The van der Waals surface area contributed by atoms with Crippen LogP contribution in [0.25, 0.3) is 6.08 Å². The van der Waals surface area contributed by atoms with Crippen LogP contribution < -0.4 is 5.32 Å². The van der Waals surface area contributed by atoms with E-state index in [1.807, 2.05) is 32.9 Å². The van der Waals surface area contributed by atoms with E-state index in [-0.39, 0.29) is 16.8 Å². The van der Waals surface area contributed by atoms with E-state index in [0.717, 1.165) is 11.1 Å². The molecule has 0 saturated carbocycles. The van der Waals surface area contributed by atoms with E-state index in [4.69, 9.17) is 11.6 Å². The third-order valence-electron chi connectivity index (χ3n) is 4.36. The summed E-state index contributed by atoms with van der Waals surface area (Å²) in [6, 6.07) is 13.5. The molecule has 7 heteroatoms. The van der Waals surface area contributed by atoms with Crippen molar-refractivity contribution in [3.8, 4) is 0 Å². The van der Waals surface area contributed by atoms with E-state index in [1.165, 1.54) is 10.4 Å². The van der Waals surface area contributed by atoms with Crippen LogP contribution in [-0.2, 0) is 14.8 Å². The molecule has 0 saturated heterocycles. The number of benzene rings is 2. The maximum atomic E-state index is 12.5. The third-order valence-corrected chi connectivity index (χ3v) is 6.66. The van der Waals surface area contributed by atoms with Gasteiger partial charge in [-0.2, -0.15) is 4.31 Å². The molecule has 1 atom stereocenters. The fourth-order valence-corrected chi connectivity index (χ4v) is 4.42. The van der Waals surface area contributed by atoms with Crippen molar-refractivity contribution in [2.75, 3.05) is 13.1 Å². The molecule has 2 aromatic carbocycles. The van der Waals surface area contributed by atoms with Crippen LogP contribution >= 0.6 is 11.6 Å². The molecule has 0 spiro atoms. The largest absolute Gasteiger partial charge is 0.346 e. The Morgan fingerprint density at radius 2 is 1.79 bits per heavy atom. The van der Waals surface area contributed by atoms with Gasteiger partial charge in [0.1, 0.15) is 0 Å². The van der Waals surface area contributed by atoms with Gasteiger partial charge in [0.15, 0.2) is 0 Å². The zero-order valence-electron chi connectivity index (χ0n) is 16.2. The molecule has 0 aromatic heterocycles. The van der Waals surface area contributed by atoms with Crippen LogP contribution in [-0.4, -0.2) is 31.7 Å². The van der Waals surface area contributed by atoms with E-state index in [0.29, 0.717) is 18.1 Å². The Morgan fingerprint density at radius 3 is 2.36 bits per heavy atom. The highest BCUT2D eigenvalue weighted by atomic mass is 35.5. The van der Waals surface area contributed by atoms with Crippen molar-refractivity contribution in [1.29, 1.82) is 0 Å². The summed E-state index contributed by atoms with van der Waals surface area (Å²) in [5.74, 6) is -0.243. The fourth-order valence-electron chi connectivity index (χ4n) is 2.77. The Hall–Kier alpha value is -2.15. The van der Waals surface area contributed by atoms with Crippen molar-refractivity contribution < 1.29 is 13.2 Å². The number of carbonyl (C=O) groups is 1. The summed E-state index contributed by atoms with van der Waals surface area (Å²) in [5, 5.41) is 3.47. The Kier molecular flexibility index (Phi) is 7.80. The molecule has 0 radical (unpaired) electrons. The lowest BCUT2D eigenvalue weighted by Crippen LogP contribution is -2.30. The number of sulfonamides is 1. The molecule has 0 fully saturated rings. The molecule has 0 aliphatic rings. The quantitative estimate of drug-likeness (QED) is 0.649. The maximum absolute atomic E-state index is 12.5. The van der Waals surface area contributed by atoms with Crippen LogP contribution in [0, 0.1) is 0 Å². The highest BCUT2D eigenvalue weighted by Crippen LogP contribution is 2.19. The van der Waals surface area contributed by atoms with E-state index >= 15 is 0 Å². The summed E-state index contributed by atoms with van der Waals surface area (Å²) in [7, 11) is -3.49. The number of nitrogens with one attached hydrogen (secondary N) is 1. The Labute approximate surface area is 172 Å². The number of hydrogen-bond donors (Lipinski definition) is 1. The first-order valence-electron chi connectivity index (χ1n) is 9.12. The number of carbonyl (C=O) groups excluding carboxylic acids is 1. The SMILES string of the molecule is CCN(CC)S(=O)(=O)c1ccc([C@@H](C)NC(=O)/C=C/c2cccc(Cl)c2)cc1. The Morgan fingerprint density at radius 1 is 1.14 bits per heavy atom. The average Bonchev–Trinajstić information content (AvgIpc) is 2.67. The zero-order chi connectivity index (χ0) is 20.7. The standard InChI is InChI=1S/C21H25ClN2O3S/c1-4-24(5-2)28(26,27)20-12-10-18(11-13-20)16(3)23-21(25)14-9-17-7-6-8-19(22)15-17/h6-16H,4-5H2,1-3H3,(H,23,25)/b14-9+/t16-/m1/s1. The second kappa shape index (κ2) is 9.87. The van der Waals surface area contributed by atoms with Crippen molar-refractivity contribution in [3.05, 3.63) is 70.8 Å². The van der Waals surface area contributed by atoms with Gasteiger partial charge < -0.3 is 5.32 Å². The van der Waals surface area contributed by atoms with Crippen molar-refractivity contribution in [2.45, 2.75) is 31.7 Å². The first kappa shape index (κ1) is 22.1. The highest BCUT2D eigenvalue weighted by Gasteiger charge is 2.21. The Bertz CT molecular complexity index is 936. The molecule has 0 bridgehead atoms. The minimum Gasteiger partial charge on any atom is -0.346 e. The number of halogens is 1. The summed E-state index contributed by atoms with van der Waals surface area (Å²) >= 11 is 5.93. The molecule has 2 aromatic rings. The summed E-state index contributed by atoms with van der Waals surface area (Å²) in [6.45, 7) is 6.31. The lowest BCUT2D eigenvalue weighted by atomic mass is 10.1. The number of hydrogen-bond acceptors (Lipinski definition) is 3. The maximum Gasteiger partial charge on any atom is 0.244 e. The summed E-state index contributed by atoms with van der Waals surface area (Å²) in [4.78, 5) is 12.4. The molecule has 0 heterocycles. The first-order chi connectivity index (χ1) is 13.3. The molecule has 28 heavy (non-hydrogen) atoms. The van der Waals surface area contributed by atoms with Gasteiger partial charge in [0.25, 0.3) is 0 Å². The van der Waals surface area contributed by atoms with Gasteiger partial charge in [0.2, 0.25) is 15.9 Å². The monoisotopic (exact) mass is 420 g/mol. The molecule has 0 unspecified atom stereocenters. The van der Waals surface area contributed by atoms with Gasteiger partial charge in [-0.25, -0.2) is 8.42 Å². The predicted octanol–water partition coefficient (Wildman–Crippen LogP) is 4.26. The van der Waals surface area contributed by atoms with Crippen LogP contribution in [0.5, 0.6) is 0 Å². The topological polar surface area (TPSA) is 66.5 Å². The summed E-state index contributed by atoms with van der Waals surface area (Å²) in [6.07, 6.45) is 3.13. The van der Waals surface area contributed by atoms with Gasteiger partial charge in [-0.05, 0) is 48.4 Å². The second-order valence-corrected chi connectivity index (χ2v) is 8.65. The van der Waals surface area contributed by atoms with Gasteiger partial charge in [-0.3, -0.25) is 4.79 Å². The van der Waals surface area contributed by atoms with Gasteiger partial charge in [0.05, 0.1) is 10.9 Å². The molecule has 150 valence electrons. The molecular weight excluding hydrogens is 396 g/mol. The van der Waals surface area contributed by atoms with Crippen molar-refractivity contribution in [2.24, 2.45) is 0 Å². The summed E-state index contributed by atoms with van der Waals surface area (Å²) < 4.78 is 26.5. The normalized spacial score (nSPS) is 13.0. The molecule has 1 amide bonds. The minimum absolute atomic E-state index is 0.243. The van der Waals surface area contributed by atoms with E-state index in [1.54, 1.807) is 42.5 Å². The molecule has 1 N–H and O–H groups in total. The number of nitrogens with zero attached hydrogens (tertiary/aromatic N) is 1. The molecule has 2 rings (SSSR count). The molecule has 0 aliphatic heterocycles. The summed E-state index contributed by atoms with van der Waals surface area (Å²) in [5.41, 5.74) is 1.66. The molecular formula is C21H25ClN2O3S. The Balaban J connectivity index is 2.04. The lowest BCUT2D eigenvalue weighted by molar-refractivity contribution is -0.117. The van der Waals surface area contributed by atoms with Gasteiger partial charge in [-0.1, -0.05) is 49.7 Å². The van der Waals surface area contributed by atoms with Crippen molar-refractivity contribution in [1.82, 2.24) is 9.62 Å². The molecule has 5 nitrogen and oxygen atoms in total. The number of amides is 1. The van der Waals surface area contributed by atoms with Crippen molar-refractivity contribution >= 4 is 33.6 Å². The minimum atomic E-state index is -3.49. The van der Waals surface area contributed by atoms with E-state index in [9.17, 15) is 13.2 Å². The van der Waals surface area contributed by atoms with E-state index in [2.05, 4.69) is 5.32 Å². The van der Waals surface area contributed by atoms with Gasteiger partial charge in [0, 0.05) is 24.2 Å². The predicted molar refractivity (Wildman–Crippen MR) is 114 cm³/mol. The third kappa shape index (κ3) is 5.67. The van der Waals surface area contributed by atoms with Crippen molar-refractivity contribution in [3.63, 3.8) is 0 Å². The van der Waals surface area contributed by atoms with Crippen LogP contribution in [0.3, 0.4) is 0 Å². The highest BCUT2D eigenvalue weighted by molar-refractivity contribution is 7.89. The van der Waals surface area contributed by atoms with Gasteiger partial charge >= 0.3 is 0 Å². The first-order valence-corrected chi connectivity index (χ1v) is 10.9.